The van der Waals surface area contributed by atoms with Gasteiger partial charge in [-0.05, 0) is 29.7 Å². The summed E-state index contributed by atoms with van der Waals surface area (Å²) in [5.41, 5.74) is 2.83. The summed E-state index contributed by atoms with van der Waals surface area (Å²) in [5, 5.41) is 4.17. The number of carbonyl (C=O) groups is 1. The van der Waals surface area contributed by atoms with E-state index in [-0.39, 0.29) is 17.9 Å². The fraction of sp³-hybridized carbons (Fsp3) is 0.286. The third-order valence-corrected chi connectivity index (χ3v) is 4.57. The molecule has 0 saturated heterocycles. The normalized spacial score (nSPS) is 12.4. The lowest BCUT2D eigenvalue weighted by molar-refractivity contribution is 0.0927. The quantitative estimate of drug-likeness (QED) is 0.754. The summed E-state index contributed by atoms with van der Waals surface area (Å²) >= 11 is 0. The number of benzene rings is 2. The number of hydrogen-bond donors (Lipinski definition) is 1. The number of hydrogen-bond acceptors (Lipinski definition) is 2. The van der Waals surface area contributed by atoms with Crippen molar-refractivity contribution in [2.45, 2.75) is 19.9 Å². The summed E-state index contributed by atoms with van der Waals surface area (Å²) < 4.78 is 7.21. The standard InChI is InChI=1S/C21H24N2O2/c1-14(2)20(15-9-11-16(25-4)12-10-15)22-21(24)18-13-23(3)19-8-6-5-7-17(18)19/h5-14,20H,1-4H3,(H,22,24). The summed E-state index contributed by atoms with van der Waals surface area (Å²) in [6.07, 6.45) is 1.89. The van der Waals surface area contributed by atoms with E-state index in [1.54, 1.807) is 7.11 Å². The molecule has 3 aromatic rings. The van der Waals surface area contributed by atoms with Crippen LogP contribution in [0.2, 0.25) is 0 Å². The zero-order chi connectivity index (χ0) is 18.0. The van der Waals surface area contributed by atoms with Crippen LogP contribution in [0.4, 0.5) is 0 Å². The van der Waals surface area contributed by atoms with Gasteiger partial charge in [-0.25, -0.2) is 0 Å². The predicted octanol–water partition coefficient (Wildman–Crippen LogP) is 4.31. The second kappa shape index (κ2) is 7.01. The Kier molecular flexibility index (Phi) is 4.79. The molecular formula is C21H24N2O2. The molecule has 0 aliphatic rings. The maximum absolute atomic E-state index is 12.9. The van der Waals surface area contributed by atoms with E-state index in [4.69, 9.17) is 4.74 Å². The summed E-state index contributed by atoms with van der Waals surface area (Å²) in [6, 6.07) is 15.8. The second-order valence-electron chi connectivity index (χ2n) is 6.64. The van der Waals surface area contributed by atoms with Crippen molar-refractivity contribution in [1.29, 1.82) is 0 Å². The molecular weight excluding hydrogens is 312 g/mol. The van der Waals surface area contributed by atoms with Crippen LogP contribution in [-0.4, -0.2) is 17.6 Å². The molecule has 1 atom stereocenters. The maximum Gasteiger partial charge on any atom is 0.253 e. The van der Waals surface area contributed by atoms with Crippen LogP contribution < -0.4 is 10.1 Å². The number of methoxy groups -OCH3 is 1. The van der Waals surface area contributed by atoms with E-state index in [1.165, 1.54) is 0 Å². The third-order valence-electron chi connectivity index (χ3n) is 4.57. The van der Waals surface area contributed by atoms with Crippen molar-refractivity contribution in [2.24, 2.45) is 13.0 Å². The van der Waals surface area contributed by atoms with E-state index < -0.39 is 0 Å². The van der Waals surface area contributed by atoms with Gasteiger partial charge in [0, 0.05) is 24.1 Å². The lowest BCUT2D eigenvalue weighted by Gasteiger charge is -2.23. The van der Waals surface area contributed by atoms with Crippen molar-refractivity contribution in [1.82, 2.24) is 9.88 Å². The van der Waals surface area contributed by atoms with Gasteiger partial charge >= 0.3 is 0 Å². The molecule has 0 aliphatic heterocycles. The summed E-state index contributed by atoms with van der Waals surface area (Å²) in [4.78, 5) is 12.9. The van der Waals surface area contributed by atoms with Crippen molar-refractivity contribution in [2.75, 3.05) is 7.11 Å². The van der Waals surface area contributed by atoms with Crippen LogP contribution in [0, 0.1) is 5.92 Å². The molecule has 1 aromatic heterocycles. The zero-order valence-electron chi connectivity index (χ0n) is 15.1. The molecule has 0 saturated carbocycles. The molecule has 130 valence electrons. The first-order valence-electron chi connectivity index (χ1n) is 8.50. The number of aromatic nitrogens is 1. The Morgan fingerprint density at radius 2 is 1.76 bits per heavy atom. The van der Waals surface area contributed by atoms with E-state index in [2.05, 4.69) is 19.2 Å². The van der Waals surface area contributed by atoms with Crippen LogP contribution in [0.25, 0.3) is 10.9 Å². The zero-order valence-corrected chi connectivity index (χ0v) is 15.1. The van der Waals surface area contributed by atoms with Gasteiger partial charge in [-0.15, -0.1) is 0 Å². The van der Waals surface area contributed by atoms with Crippen molar-refractivity contribution in [3.05, 3.63) is 65.9 Å². The van der Waals surface area contributed by atoms with E-state index in [0.717, 1.165) is 22.2 Å². The van der Waals surface area contributed by atoms with Crippen LogP contribution in [0.1, 0.15) is 35.8 Å². The Morgan fingerprint density at radius 3 is 2.40 bits per heavy atom. The number of carbonyl (C=O) groups excluding carboxylic acids is 1. The molecule has 0 fully saturated rings. The highest BCUT2D eigenvalue weighted by Crippen LogP contribution is 2.26. The molecule has 1 amide bonds. The first-order chi connectivity index (χ1) is 12.0. The molecule has 3 rings (SSSR count). The van der Waals surface area contributed by atoms with Gasteiger partial charge < -0.3 is 14.6 Å². The molecule has 4 nitrogen and oxygen atoms in total. The Labute approximate surface area is 148 Å². The number of rotatable bonds is 5. The summed E-state index contributed by atoms with van der Waals surface area (Å²) in [6.45, 7) is 4.22. The van der Waals surface area contributed by atoms with Crippen LogP contribution in [-0.2, 0) is 7.05 Å². The third kappa shape index (κ3) is 3.38. The van der Waals surface area contributed by atoms with Gasteiger partial charge in [0.1, 0.15) is 5.75 Å². The van der Waals surface area contributed by atoms with Gasteiger partial charge in [0.25, 0.3) is 5.91 Å². The molecule has 1 unspecified atom stereocenters. The molecule has 4 heteroatoms. The minimum atomic E-state index is -0.0580. The Bertz CT molecular complexity index is 879. The number of para-hydroxylation sites is 1. The SMILES string of the molecule is COc1ccc(C(NC(=O)c2cn(C)c3ccccc23)C(C)C)cc1. The van der Waals surface area contributed by atoms with Gasteiger partial charge in [0.2, 0.25) is 0 Å². The number of nitrogens with zero attached hydrogens (tertiary/aromatic N) is 1. The maximum atomic E-state index is 12.9. The van der Waals surface area contributed by atoms with Gasteiger partial charge in [0.05, 0.1) is 18.7 Å². The van der Waals surface area contributed by atoms with Gasteiger partial charge in [-0.2, -0.15) is 0 Å². The number of ether oxygens (including phenoxy) is 1. The van der Waals surface area contributed by atoms with Crippen LogP contribution >= 0.6 is 0 Å². The largest absolute Gasteiger partial charge is 0.497 e. The molecule has 25 heavy (non-hydrogen) atoms. The number of nitrogens with one attached hydrogen (secondary N) is 1. The topological polar surface area (TPSA) is 43.3 Å². The van der Waals surface area contributed by atoms with Crippen molar-refractivity contribution < 1.29 is 9.53 Å². The van der Waals surface area contributed by atoms with E-state index in [1.807, 2.05) is 66.3 Å². The monoisotopic (exact) mass is 336 g/mol. The van der Waals surface area contributed by atoms with Crippen molar-refractivity contribution >= 4 is 16.8 Å². The van der Waals surface area contributed by atoms with E-state index >= 15 is 0 Å². The molecule has 1 heterocycles. The van der Waals surface area contributed by atoms with Crippen molar-refractivity contribution in [3.8, 4) is 5.75 Å². The average Bonchev–Trinajstić information content (AvgIpc) is 2.97. The highest BCUT2D eigenvalue weighted by molar-refractivity contribution is 6.07. The average molecular weight is 336 g/mol. The lowest BCUT2D eigenvalue weighted by Crippen LogP contribution is -2.31. The first-order valence-corrected chi connectivity index (χ1v) is 8.50. The van der Waals surface area contributed by atoms with E-state index in [9.17, 15) is 4.79 Å². The number of fused-ring (bicyclic) bond motifs is 1. The van der Waals surface area contributed by atoms with Crippen LogP contribution in [0.15, 0.2) is 54.7 Å². The van der Waals surface area contributed by atoms with Crippen LogP contribution in [0.3, 0.4) is 0 Å². The molecule has 0 spiro atoms. The Hall–Kier alpha value is -2.75. The van der Waals surface area contributed by atoms with Crippen molar-refractivity contribution in [3.63, 3.8) is 0 Å². The Balaban J connectivity index is 1.90. The number of aryl methyl sites for hydroxylation is 1. The highest BCUT2D eigenvalue weighted by Gasteiger charge is 2.21. The minimum absolute atomic E-state index is 0.0497. The molecule has 2 aromatic carbocycles. The van der Waals surface area contributed by atoms with Gasteiger partial charge in [0.15, 0.2) is 0 Å². The molecule has 0 radical (unpaired) electrons. The summed E-state index contributed by atoms with van der Waals surface area (Å²) in [5.74, 6) is 1.03. The summed E-state index contributed by atoms with van der Waals surface area (Å²) in [7, 11) is 3.61. The first kappa shape index (κ1) is 17.1. The molecule has 0 bridgehead atoms. The lowest BCUT2D eigenvalue weighted by atomic mass is 9.95. The van der Waals surface area contributed by atoms with E-state index in [0.29, 0.717) is 5.56 Å². The van der Waals surface area contributed by atoms with Crippen LogP contribution in [0.5, 0.6) is 5.75 Å². The Morgan fingerprint density at radius 1 is 1.08 bits per heavy atom. The minimum Gasteiger partial charge on any atom is -0.497 e. The molecule has 1 N–H and O–H groups in total. The van der Waals surface area contributed by atoms with Gasteiger partial charge in [-0.3, -0.25) is 4.79 Å². The fourth-order valence-corrected chi connectivity index (χ4v) is 3.19. The molecule has 0 aliphatic carbocycles. The highest BCUT2D eigenvalue weighted by atomic mass is 16.5. The predicted molar refractivity (Wildman–Crippen MR) is 101 cm³/mol. The number of amides is 1. The second-order valence-corrected chi connectivity index (χ2v) is 6.64. The van der Waals surface area contributed by atoms with Gasteiger partial charge in [-0.1, -0.05) is 44.2 Å². The smallest absolute Gasteiger partial charge is 0.253 e. The fourth-order valence-electron chi connectivity index (χ4n) is 3.19.